The molecule has 0 aromatic heterocycles. The first-order valence-corrected chi connectivity index (χ1v) is 10.2. The molecule has 0 aliphatic carbocycles. The van der Waals surface area contributed by atoms with E-state index in [9.17, 15) is 13.2 Å². The van der Waals surface area contributed by atoms with Crippen LogP contribution in [0.1, 0.15) is 12.8 Å². The van der Waals surface area contributed by atoms with Crippen LogP contribution < -0.4 is 14.8 Å². The van der Waals surface area contributed by atoms with Gasteiger partial charge in [-0.25, -0.2) is 8.42 Å². The molecule has 2 heterocycles. The van der Waals surface area contributed by atoms with Crippen LogP contribution in [0.2, 0.25) is 0 Å². The quantitative estimate of drug-likeness (QED) is 0.868. The average molecular weight is 388 g/mol. The molecule has 8 heteroatoms. The summed E-state index contributed by atoms with van der Waals surface area (Å²) in [6.07, 6.45) is 1.24. The van der Waals surface area contributed by atoms with Crippen molar-refractivity contribution in [1.82, 2.24) is 4.31 Å². The number of piperidine rings is 1. The van der Waals surface area contributed by atoms with Crippen molar-refractivity contribution in [1.29, 1.82) is 0 Å². The van der Waals surface area contributed by atoms with E-state index in [0.29, 0.717) is 37.4 Å². The first-order chi connectivity index (χ1) is 13.0. The van der Waals surface area contributed by atoms with Gasteiger partial charge in [0.2, 0.25) is 10.0 Å². The van der Waals surface area contributed by atoms with Gasteiger partial charge in [0.25, 0.3) is 5.91 Å². The minimum Gasteiger partial charge on any atom is -0.490 e. The van der Waals surface area contributed by atoms with Crippen LogP contribution in [-0.4, -0.2) is 44.4 Å². The highest BCUT2D eigenvalue weighted by molar-refractivity contribution is 7.89. The van der Waals surface area contributed by atoms with Gasteiger partial charge in [0.05, 0.1) is 10.6 Å². The highest BCUT2D eigenvalue weighted by Crippen LogP contribution is 2.32. The third-order valence-electron chi connectivity index (χ3n) is 4.67. The number of nitrogens with zero attached hydrogens (tertiary/aromatic N) is 1. The first-order valence-electron chi connectivity index (χ1n) is 8.81. The van der Waals surface area contributed by atoms with Gasteiger partial charge in [-0.15, -0.1) is 0 Å². The Morgan fingerprint density at radius 3 is 2.56 bits per heavy atom. The number of rotatable bonds is 4. The van der Waals surface area contributed by atoms with Gasteiger partial charge in [-0.05, 0) is 43.2 Å². The van der Waals surface area contributed by atoms with Crippen molar-refractivity contribution in [3.05, 3.63) is 48.5 Å². The van der Waals surface area contributed by atoms with E-state index >= 15 is 0 Å². The monoisotopic (exact) mass is 388 g/mol. The van der Waals surface area contributed by atoms with Crippen LogP contribution in [0.15, 0.2) is 53.4 Å². The Bertz CT molecular complexity index is 938. The third kappa shape index (κ3) is 3.77. The van der Waals surface area contributed by atoms with Gasteiger partial charge in [0.1, 0.15) is 17.6 Å². The SMILES string of the molecule is O=C1COc2ccc(S(=O)(=O)N3CCC(Oc4ccccc4)CC3)cc2N1. The van der Waals surface area contributed by atoms with Crippen molar-refractivity contribution in [2.45, 2.75) is 23.8 Å². The second-order valence-corrected chi connectivity index (χ2v) is 8.47. The standard InChI is InChI=1S/C19H20N2O5S/c22-19-13-25-18-7-6-16(12-17(18)20-19)27(23,24)21-10-8-15(9-11-21)26-14-4-2-1-3-5-14/h1-7,12,15H,8-11,13H2,(H,20,22). The second-order valence-electron chi connectivity index (χ2n) is 6.53. The molecule has 142 valence electrons. The summed E-state index contributed by atoms with van der Waals surface area (Å²) in [6, 6.07) is 14.1. The zero-order chi connectivity index (χ0) is 18.9. The van der Waals surface area contributed by atoms with Crippen LogP contribution >= 0.6 is 0 Å². The van der Waals surface area contributed by atoms with Crippen LogP contribution in [0.4, 0.5) is 5.69 Å². The predicted molar refractivity (Wildman–Crippen MR) is 99.4 cm³/mol. The van der Waals surface area contributed by atoms with Gasteiger partial charge in [-0.1, -0.05) is 18.2 Å². The number of amides is 1. The molecule has 0 bridgehead atoms. The molecule has 0 unspecified atom stereocenters. The molecule has 2 aliphatic rings. The van der Waals surface area contributed by atoms with E-state index in [4.69, 9.17) is 9.47 Å². The lowest BCUT2D eigenvalue weighted by atomic mass is 10.1. The lowest BCUT2D eigenvalue weighted by Crippen LogP contribution is -2.41. The highest BCUT2D eigenvalue weighted by atomic mass is 32.2. The highest BCUT2D eigenvalue weighted by Gasteiger charge is 2.31. The summed E-state index contributed by atoms with van der Waals surface area (Å²) in [7, 11) is -3.64. The molecular formula is C19H20N2O5S. The minimum atomic E-state index is -3.64. The van der Waals surface area contributed by atoms with E-state index in [-0.39, 0.29) is 23.5 Å². The molecule has 2 aliphatic heterocycles. The normalized spacial score (nSPS) is 18.3. The second kappa shape index (κ2) is 7.21. The van der Waals surface area contributed by atoms with E-state index < -0.39 is 10.0 Å². The Morgan fingerprint density at radius 2 is 1.81 bits per heavy atom. The van der Waals surface area contributed by atoms with Crippen LogP contribution in [0.25, 0.3) is 0 Å². The van der Waals surface area contributed by atoms with Crippen molar-refractivity contribution in [2.24, 2.45) is 0 Å². The molecule has 1 N–H and O–H groups in total. The number of anilines is 1. The van der Waals surface area contributed by atoms with E-state index in [0.717, 1.165) is 5.75 Å². The van der Waals surface area contributed by atoms with Crippen LogP contribution in [0.3, 0.4) is 0 Å². The summed E-state index contributed by atoms with van der Waals surface area (Å²) >= 11 is 0. The van der Waals surface area contributed by atoms with Gasteiger partial charge in [0, 0.05) is 13.1 Å². The number of fused-ring (bicyclic) bond motifs is 1. The van der Waals surface area contributed by atoms with Crippen molar-refractivity contribution in [3.8, 4) is 11.5 Å². The Kier molecular flexibility index (Phi) is 4.75. The maximum absolute atomic E-state index is 13.0. The Morgan fingerprint density at radius 1 is 1.07 bits per heavy atom. The van der Waals surface area contributed by atoms with Crippen LogP contribution in [0, 0.1) is 0 Å². The number of hydrogen-bond acceptors (Lipinski definition) is 5. The van der Waals surface area contributed by atoms with Crippen molar-refractivity contribution < 1.29 is 22.7 Å². The Balaban J connectivity index is 1.44. The molecule has 0 spiro atoms. The lowest BCUT2D eigenvalue weighted by molar-refractivity contribution is -0.118. The Hall–Kier alpha value is -2.58. The van der Waals surface area contributed by atoms with Gasteiger partial charge >= 0.3 is 0 Å². The smallest absolute Gasteiger partial charge is 0.262 e. The molecule has 0 radical (unpaired) electrons. The van der Waals surface area contributed by atoms with E-state index in [1.807, 2.05) is 30.3 Å². The summed E-state index contributed by atoms with van der Waals surface area (Å²) in [6.45, 7) is 0.716. The van der Waals surface area contributed by atoms with Crippen LogP contribution in [-0.2, 0) is 14.8 Å². The number of hydrogen-bond donors (Lipinski definition) is 1. The summed E-state index contributed by atoms with van der Waals surface area (Å²) in [5.74, 6) is 0.976. The molecule has 1 amide bonds. The van der Waals surface area contributed by atoms with E-state index in [1.165, 1.54) is 16.4 Å². The lowest BCUT2D eigenvalue weighted by Gasteiger charge is -2.31. The van der Waals surface area contributed by atoms with Gasteiger partial charge in [-0.3, -0.25) is 4.79 Å². The average Bonchev–Trinajstić information content (AvgIpc) is 2.68. The molecule has 1 fully saturated rings. The number of benzene rings is 2. The fourth-order valence-corrected chi connectivity index (χ4v) is 4.75. The molecule has 2 aromatic carbocycles. The summed E-state index contributed by atoms with van der Waals surface area (Å²) in [5, 5.41) is 2.64. The Labute approximate surface area is 157 Å². The van der Waals surface area contributed by atoms with Gasteiger partial charge in [-0.2, -0.15) is 4.31 Å². The summed E-state index contributed by atoms with van der Waals surface area (Å²) in [4.78, 5) is 11.6. The minimum absolute atomic E-state index is 0.00456. The summed E-state index contributed by atoms with van der Waals surface area (Å²) in [5.41, 5.74) is 0.384. The first kappa shape index (κ1) is 17.8. The maximum Gasteiger partial charge on any atom is 0.262 e. The van der Waals surface area contributed by atoms with Crippen molar-refractivity contribution in [3.63, 3.8) is 0 Å². The van der Waals surface area contributed by atoms with Crippen LogP contribution in [0.5, 0.6) is 11.5 Å². The molecule has 0 saturated carbocycles. The largest absolute Gasteiger partial charge is 0.490 e. The molecule has 0 atom stereocenters. The molecule has 2 aromatic rings. The molecule has 1 saturated heterocycles. The van der Waals surface area contributed by atoms with Gasteiger partial charge < -0.3 is 14.8 Å². The fraction of sp³-hybridized carbons (Fsp3) is 0.316. The zero-order valence-electron chi connectivity index (χ0n) is 14.6. The van der Waals surface area contributed by atoms with Crippen molar-refractivity contribution >= 4 is 21.6 Å². The zero-order valence-corrected chi connectivity index (χ0v) is 15.4. The predicted octanol–water partition coefficient (Wildman–Crippen LogP) is 2.25. The molecule has 7 nitrogen and oxygen atoms in total. The van der Waals surface area contributed by atoms with Gasteiger partial charge in [0.15, 0.2) is 6.61 Å². The van der Waals surface area contributed by atoms with Crippen molar-refractivity contribution in [2.75, 3.05) is 25.0 Å². The number of carbonyl (C=O) groups excluding carboxylic acids is 1. The number of nitrogens with one attached hydrogen (secondary N) is 1. The molecule has 27 heavy (non-hydrogen) atoms. The number of para-hydroxylation sites is 1. The third-order valence-corrected chi connectivity index (χ3v) is 6.56. The number of carbonyl (C=O) groups is 1. The summed E-state index contributed by atoms with van der Waals surface area (Å²) < 4.78 is 38.6. The van der Waals surface area contributed by atoms with E-state index in [2.05, 4.69) is 5.32 Å². The molecule has 4 rings (SSSR count). The fourth-order valence-electron chi connectivity index (χ4n) is 3.25. The number of ether oxygens (including phenoxy) is 2. The topological polar surface area (TPSA) is 84.9 Å². The number of sulfonamides is 1. The molecular weight excluding hydrogens is 368 g/mol. The van der Waals surface area contributed by atoms with E-state index in [1.54, 1.807) is 6.07 Å². The maximum atomic E-state index is 13.0.